The molecule has 0 saturated heterocycles. The van der Waals surface area contributed by atoms with Gasteiger partial charge >= 0.3 is 6.61 Å². The number of hydrogen-bond donors (Lipinski definition) is 1. The number of ether oxygens (including phenoxy) is 2. The number of nitro benzene ring substituents is 1. The van der Waals surface area contributed by atoms with Crippen molar-refractivity contribution in [1.82, 2.24) is 0 Å². The van der Waals surface area contributed by atoms with Crippen LogP contribution in [0, 0.1) is 10.1 Å². The number of non-ortho nitro benzene ring substituents is 1. The van der Waals surface area contributed by atoms with Gasteiger partial charge in [0.05, 0.1) is 12.0 Å². The minimum Gasteiger partial charge on any atom is -0.493 e. The van der Waals surface area contributed by atoms with Gasteiger partial charge in [0.25, 0.3) is 11.6 Å². The molecule has 126 valence electrons. The molecular weight excluding hydrogens is 326 g/mol. The summed E-state index contributed by atoms with van der Waals surface area (Å²) in [5.74, 6) is -0.753. The van der Waals surface area contributed by atoms with Crippen molar-refractivity contribution in [3.05, 3.63) is 58.1 Å². The minimum absolute atomic E-state index is 0.0216. The van der Waals surface area contributed by atoms with Gasteiger partial charge in [0, 0.05) is 23.4 Å². The lowest BCUT2D eigenvalue weighted by atomic mass is 10.2. The van der Waals surface area contributed by atoms with Crippen LogP contribution in [-0.4, -0.2) is 24.6 Å². The predicted octanol–water partition coefficient (Wildman–Crippen LogP) is 3.46. The number of nitrogens with zero attached hydrogens (tertiary/aromatic N) is 1. The lowest BCUT2D eigenvalue weighted by molar-refractivity contribution is -0.384. The van der Waals surface area contributed by atoms with Gasteiger partial charge in [-0.1, -0.05) is 0 Å². The van der Waals surface area contributed by atoms with E-state index in [1.165, 1.54) is 49.6 Å². The average molecular weight is 338 g/mol. The molecule has 1 amide bonds. The van der Waals surface area contributed by atoms with Gasteiger partial charge in [0.15, 0.2) is 11.5 Å². The molecule has 0 aromatic heterocycles. The molecule has 0 heterocycles. The normalized spacial score (nSPS) is 10.3. The van der Waals surface area contributed by atoms with Crippen LogP contribution in [-0.2, 0) is 0 Å². The number of alkyl halides is 2. The van der Waals surface area contributed by atoms with E-state index in [0.717, 1.165) is 0 Å². The summed E-state index contributed by atoms with van der Waals surface area (Å²) in [7, 11) is 1.26. The van der Waals surface area contributed by atoms with Crippen molar-refractivity contribution in [3.63, 3.8) is 0 Å². The number of amides is 1. The van der Waals surface area contributed by atoms with Crippen molar-refractivity contribution >= 4 is 17.3 Å². The van der Waals surface area contributed by atoms with Crippen LogP contribution < -0.4 is 14.8 Å². The topological polar surface area (TPSA) is 90.7 Å². The molecule has 9 heteroatoms. The van der Waals surface area contributed by atoms with E-state index < -0.39 is 17.4 Å². The van der Waals surface area contributed by atoms with Crippen LogP contribution in [0.5, 0.6) is 11.5 Å². The van der Waals surface area contributed by atoms with Crippen molar-refractivity contribution < 1.29 is 28.0 Å². The third-order valence-electron chi connectivity index (χ3n) is 2.98. The molecule has 7 nitrogen and oxygen atoms in total. The van der Waals surface area contributed by atoms with Crippen LogP contribution in [0.2, 0.25) is 0 Å². The van der Waals surface area contributed by atoms with Gasteiger partial charge in [-0.25, -0.2) is 0 Å². The lowest BCUT2D eigenvalue weighted by Gasteiger charge is -2.11. The molecular formula is C15H12F2N2O5. The Hall–Kier alpha value is -3.23. The highest BCUT2D eigenvalue weighted by atomic mass is 19.3. The number of carbonyl (C=O) groups is 1. The Kier molecular flexibility index (Phi) is 5.25. The summed E-state index contributed by atoms with van der Waals surface area (Å²) in [4.78, 5) is 22.2. The second-order valence-corrected chi connectivity index (χ2v) is 4.50. The molecule has 0 saturated carbocycles. The predicted molar refractivity (Wildman–Crippen MR) is 80.7 cm³/mol. The van der Waals surface area contributed by atoms with Gasteiger partial charge in [-0.05, 0) is 30.3 Å². The zero-order valence-electron chi connectivity index (χ0n) is 12.4. The Balaban J connectivity index is 2.15. The minimum atomic E-state index is -3.02. The first-order valence-corrected chi connectivity index (χ1v) is 6.59. The Labute approximate surface area is 135 Å². The van der Waals surface area contributed by atoms with Gasteiger partial charge in [-0.3, -0.25) is 14.9 Å². The molecule has 0 atom stereocenters. The maximum absolute atomic E-state index is 12.3. The summed E-state index contributed by atoms with van der Waals surface area (Å²) in [5, 5.41) is 13.1. The Morgan fingerprint density at radius 1 is 1.17 bits per heavy atom. The summed E-state index contributed by atoms with van der Waals surface area (Å²) in [6, 6.07) is 8.98. The number of anilines is 1. The van der Waals surface area contributed by atoms with E-state index in [2.05, 4.69) is 10.1 Å². The summed E-state index contributed by atoms with van der Waals surface area (Å²) in [6.07, 6.45) is 0. The molecule has 0 spiro atoms. The van der Waals surface area contributed by atoms with Gasteiger partial charge in [0.2, 0.25) is 0 Å². The van der Waals surface area contributed by atoms with Crippen molar-refractivity contribution in [3.8, 4) is 11.5 Å². The Morgan fingerprint density at radius 3 is 2.38 bits per heavy atom. The molecule has 0 aliphatic carbocycles. The lowest BCUT2D eigenvalue weighted by Crippen LogP contribution is -2.12. The van der Waals surface area contributed by atoms with Gasteiger partial charge in [-0.2, -0.15) is 8.78 Å². The third-order valence-corrected chi connectivity index (χ3v) is 2.98. The standard InChI is InChI=1S/C15H12F2N2O5/c1-23-13-8-9(2-7-12(13)24-15(16)17)14(20)18-10-3-5-11(6-4-10)19(21)22/h2-8,15H,1H3,(H,18,20). The van der Waals surface area contributed by atoms with Crippen molar-refractivity contribution in [2.45, 2.75) is 6.61 Å². The molecule has 24 heavy (non-hydrogen) atoms. The quantitative estimate of drug-likeness (QED) is 0.643. The van der Waals surface area contributed by atoms with Gasteiger partial charge in [-0.15, -0.1) is 0 Å². The molecule has 0 bridgehead atoms. The van der Waals surface area contributed by atoms with Gasteiger partial charge < -0.3 is 14.8 Å². The highest BCUT2D eigenvalue weighted by Crippen LogP contribution is 2.29. The number of benzene rings is 2. The molecule has 0 radical (unpaired) electrons. The summed E-state index contributed by atoms with van der Waals surface area (Å²) in [6.45, 7) is -3.02. The molecule has 2 aromatic rings. The number of halogens is 2. The fraction of sp³-hybridized carbons (Fsp3) is 0.133. The van der Waals surface area contributed by atoms with E-state index in [0.29, 0.717) is 5.69 Å². The first-order chi connectivity index (χ1) is 11.4. The fourth-order valence-corrected chi connectivity index (χ4v) is 1.87. The van der Waals surface area contributed by atoms with E-state index in [1.807, 2.05) is 0 Å². The smallest absolute Gasteiger partial charge is 0.387 e. The number of nitrogens with one attached hydrogen (secondary N) is 1. The van der Waals surface area contributed by atoms with Crippen LogP contribution in [0.3, 0.4) is 0 Å². The number of hydrogen-bond acceptors (Lipinski definition) is 5. The molecule has 2 rings (SSSR count). The Morgan fingerprint density at radius 2 is 1.83 bits per heavy atom. The SMILES string of the molecule is COc1cc(C(=O)Nc2ccc([N+](=O)[O-])cc2)ccc1OC(F)F. The van der Waals surface area contributed by atoms with Crippen molar-refractivity contribution in [2.24, 2.45) is 0 Å². The van der Waals surface area contributed by atoms with Crippen molar-refractivity contribution in [2.75, 3.05) is 12.4 Å². The third kappa shape index (κ3) is 4.15. The van der Waals surface area contributed by atoms with E-state index in [-0.39, 0.29) is 22.7 Å². The summed E-state index contributed by atoms with van der Waals surface area (Å²) >= 11 is 0. The molecule has 0 aliphatic rings. The van der Waals surface area contributed by atoms with E-state index in [4.69, 9.17) is 4.74 Å². The maximum Gasteiger partial charge on any atom is 0.387 e. The second kappa shape index (κ2) is 7.36. The monoisotopic (exact) mass is 338 g/mol. The van der Waals surface area contributed by atoms with E-state index in [1.54, 1.807) is 0 Å². The van der Waals surface area contributed by atoms with Crippen molar-refractivity contribution in [1.29, 1.82) is 0 Å². The van der Waals surface area contributed by atoms with Crippen LogP contribution in [0.1, 0.15) is 10.4 Å². The number of nitro groups is 1. The van der Waals surface area contributed by atoms with Crippen LogP contribution >= 0.6 is 0 Å². The summed E-state index contributed by atoms with van der Waals surface area (Å²) in [5.41, 5.74) is 0.382. The van der Waals surface area contributed by atoms with Crippen LogP contribution in [0.15, 0.2) is 42.5 Å². The highest BCUT2D eigenvalue weighted by Gasteiger charge is 2.14. The van der Waals surface area contributed by atoms with E-state index in [9.17, 15) is 23.7 Å². The number of carbonyl (C=O) groups excluding carboxylic acids is 1. The summed E-state index contributed by atoms with van der Waals surface area (Å²) < 4.78 is 33.7. The number of rotatable bonds is 6. The first kappa shape index (κ1) is 17.1. The number of methoxy groups -OCH3 is 1. The van der Waals surface area contributed by atoms with Crippen LogP contribution in [0.25, 0.3) is 0 Å². The molecule has 2 aromatic carbocycles. The van der Waals surface area contributed by atoms with Gasteiger partial charge in [0.1, 0.15) is 0 Å². The molecule has 0 fully saturated rings. The molecule has 1 N–H and O–H groups in total. The highest BCUT2D eigenvalue weighted by molar-refractivity contribution is 6.04. The first-order valence-electron chi connectivity index (χ1n) is 6.59. The zero-order valence-corrected chi connectivity index (χ0v) is 12.4. The Bertz CT molecular complexity index is 750. The molecule has 0 unspecified atom stereocenters. The largest absolute Gasteiger partial charge is 0.493 e. The van der Waals surface area contributed by atoms with Crippen LogP contribution in [0.4, 0.5) is 20.2 Å². The molecule has 0 aliphatic heterocycles. The zero-order chi connectivity index (χ0) is 17.7. The second-order valence-electron chi connectivity index (χ2n) is 4.50. The fourth-order valence-electron chi connectivity index (χ4n) is 1.87. The maximum atomic E-state index is 12.3. The average Bonchev–Trinajstić information content (AvgIpc) is 2.55. The van der Waals surface area contributed by atoms with E-state index >= 15 is 0 Å².